The van der Waals surface area contributed by atoms with E-state index in [4.69, 9.17) is 0 Å². The molecule has 2 rings (SSSR count). The Labute approximate surface area is 107 Å². The quantitative estimate of drug-likeness (QED) is 0.685. The first-order valence-electron chi connectivity index (χ1n) is 6.52. The van der Waals surface area contributed by atoms with E-state index >= 15 is 0 Å². The van der Waals surface area contributed by atoms with Gasteiger partial charge in [-0.2, -0.15) is 0 Å². The third-order valence-electron chi connectivity index (χ3n) is 2.71. The van der Waals surface area contributed by atoms with E-state index in [1.165, 1.54) is 0 Å². The second kappa shape index (κ2) is 6.23. The van der Waals surface area contributed by atoms with Crippen LogP contribution < -0.4 is 16.0 Å². The van der Waals surface area contributed by atoms with Gasteiger partial charge in [0.05, 0.1) is 0 Å². The Morgan fingerprint density at radius 2 is 2.06 bits per heavy atom. The Kier molecular flexibility index (Phi) is 4.39. The van der Waals surface area contributed by atoms with E-state index in [1.54, 1.807) is 0 Å². The summed E-state index contributed by atoms with van der Waals surface area (Å²) >= 11 is 0. The molecule has 5 nitrogen and oxygen atoms in total. The highest BCUT2D eigenvalue weighted by atomic mass is 16.1. The first-order valence-corrected chi connectivity index (χ1v) is 6.52. The fourth-order valence-electron chi connectivity index (χ4n) is 1.64. The van der Waals surface area contributed by atoms with E-state index < -0.39 is 0 Å². The zero-order valence-corrected chi connectivity index (χ0v) is 10.7. The van der Waals surface area contributed by atoms with E-state index in [0.29, 0.717) is 19.0 Å². The molecule has 0 unspecified atom stereocenters. The lowest BCUT2D eigenvalue weighted by Gasteiger charge is -2.08. The van der Waals surface area contributed by atoms with Crippen LogP contribution in [0.5, 0.6) is 0 Å². The van der Waals surface area contributed by atoms with Crippen LogP contribution in [-0.2, 0) is 4.79 Å². The number of aromatic nitrogens is 1. The molecule has 0 aromatic carbocycles. The largest absolute Gasteiger partial charge is 0.370 e. The minimum absolute atomic E-state index is 0.118. The molecule has 98 valence electrons. The maximum Gasteiger partial charge on any atom is 0.221 e. The van der Waals surface area contributed by atoms with Crippen molar-refractivity contribution in [3.8, 4) is 0 Å². The van der Waals surface area contributed by atoms with Gasteiger partial charge >= 0.3 is 0 Å². The van der Waals surface area contributed by atoms with Crippen molar-refractivity contribution < 1.29 is 4.79 Å². The molecule has 1 amide bonds. The summed E-state index contributed by atoms with van der Waals surface area (Å²) in [5.41, 5.74) is 0. The molecule has 1 aliphatic carbocycles. The summed E-state index contributed by atoms with van der Waals surface area (Å²) in [6, 6.07) is 6.21. The molecule has 1 aliphatic rings. The SMILES string of the molecule is CCNc1cccc(NCCC(=O)NC2CC2)n1. The Morgan fingerprint density at radius 3 is 2.72 bits per heavy atom. The lowest BCUT2D eigenvalue weighted by Crippen LogP contribution is -2.27. The van der Waals surface area contributed by atoms with E-state index in [0.717, 1.165) is 31.0 Å². The summed E-state index contributed by atoms with van der Waals surface area (Å²) < 4.78 is 0. The van der Waals surface area contributed by atoms with Gasteiger partial charge in [-0.3, -0.25) is 4.79 Å². The van der Waals surface area contributed by atoms with E-state index in [9.17, 15) is 4.79 Å². The Balaban J connectivity index is 1.71. The fourth-order valence-corrected chi connectivity index (χ4v) is 1.64. The van der Waals surface area contributed by atoms with Gasteiger partial charge in [-0.15, -0.1) is 0 Å². The van der Waals surface area contributed by atoms with Crippen LogP contribution in [0.15, 0.2) is 18.2 Å². The van der Waals surface area contributed by atoms with Gasteiger partial charge in [0.25, 0.3) is 0 Å². The van der Waals surface area contributed by atoms with Crippen molar-refractivity contribution in [2.75, 3.05) is 23.7 Å². The number of hydrogen-bond acceptors (Lipinski definition) is 4. The van der Waals surface area contributed by atoms with Crippen molar-refractivity contribution in [3.05, 3.63) is 18.2 Å². The van der Waals surface area contributed by atoms with Gasteiger partial charge in [0.1, 0.15) is 11.6 Å². The first-order chi connectivity index (χ1) is 8.78. The van der Waals surface area contributed by atoms with E-state index in [2.05, 4.69) is 20.9 Å². The smallest absolute Gasteiger partial charge is 0.221 e. The van der Waals surface area contributed by atoms with Gasteiger partial charge in [0.15, 0.2) is 0 Å². The number of carbonyl (C=O) groups excluding carboxylic acids is 1. The molecule has 0 saturated heterocycles. The summed E-state index contributed by atoms with van der Waals surface area (Å²) in [4.78, 5) is 15.8. The molecule has 0 radical (unpaired) electrons. The molecular weight excluding hydrogens is 228 g/mol. The predicted octanol–water partition coefficient (Wildman–Crippen LogP) is 1.59. The number of anilines is 2. The van der Waals surface area contributed by atoms with Crippen LogP contribution in [0.25, 0.3) is 0 Å². The molecule has 1 aromatic heterocycles. The highest BCUT2D eigenvalue weighted by Crippen LogP contribution is 2.18. The summed E-state index contributed by atoms with van der Waals surface area (Å²) in [5.74, 6) is 1.77. The van der Waals surface area contributed by atoms with Crippen LogP contribution in [0, 0.1) is 0 Å². The number of nitrogens with one attached hydrogen (secondary N) is 3. The number of hydrogen-bond donors (Lipinski definition) is 3. The maximum absolute atomic E-state index is 11.5. The zero-order chi connectivity index (χ0) is 12.8. The predicted molar refractivity (Wildman–Crippen MR) is 72.7 cm³/mol. The molecule has 1 heterocycles. The standard InChI is InChI=1S/C13H20N4O/c1-2-14-11-4-3-5-12(17-11)15-9-8-13(18)16-10-6-7-10/h3-5,10H,2,6-9H2,1H3,(H,16,18)(H2,14,15,17). The van der Waals surface area contributed by atoms with Crippen LogP contribution in [-0.4, -0.2) is 30.0 Å². The summed E-state index contributed by atoms with van der Waals surface area (Å²) in [6.07, 6.45) is 2.75. The second-order valence-electron chi connectivity index (χ2n) is 4.46. The molecule has 0 spiro atoms. The molecule has 1 saturated carbocycles. The second-order valence-corrected chi connectivity index (χ2v) is 4.46. The van der Waals surface area contributed by atoms with Gasteiger partial charge in [0, 0.05) is 25.6 Å². The van der Waals surface area contributed by atoms with Crippen LogP contribution in [0.3, 0.4) is 0 Å². The fraction of sp³-hybridized carbons (Fsp3) is 0.538. The van der Waals surface area contributed by atoms with Gasteiger partial charge in [-0.25, -0.2) is 4.98 Å². The van der Waals surface area contributed by atoms with Crippen LogP contribution in [0.2, 0.25) is 0 Å². The van der Waals surface area contributed by atoms with Crippen molar-refractivity contribution in [2.45, 2.75) is 32.2 Å². The van der Waals surface area contributed by atoms with Crippen molar-refractivity contribution in [1.82, 2.24) is 10.3 Å². The van der Waals surface area contributed by atoms with Crippen LogP contribution in [0.1, 0.15) is 26.2 Å². The average molecular weight is 248 g/mol. The average Bonchev–Trinajstić information content (AvgIpc) is 3.14. The topological polar surface area (TPSA) is 66.0 Å². The monoisotopic (exact) mass is 248 g/mol. The minimum Gasteiger partial charge on any atom is -0.370 e. The highest BCUT2D eigenvalue weighted by molar-refractivity contribution is 5.77. The first kappa shape index (κ1) is 12.7. The number of nitrogens with zero attached hydrogens (tertiary/aromatic N) is 1. The molecule has 5 heteroatoms. The lowest BCUT2D eigenvalue weighted by atomic mass is 10.3. The zero-order valence-electron chi connectivity index (χ0n) is 10.7. The summed E-state index contributed by atoms with van der Waals surface area (Å²) in [5, 5.41) is 9.27. The van der Waals surface area contributed by atoms with Crippen molar-refractivity contribution >= 4 is 17.5 Å². The molecule has 0 aliphatic heterocycles. The van der Waals surface area contributed by atoms with Crippen LogP contribution >= 0.6 is 0 Å². The Hall–Kier alpha value is -1.78. The molecule has 3 N–H and O–H groups in total. The maximum atomic E-state index is 11.5. The molecular formula is C13H20N4O. The Bertz CT molecular complexity index is 404. The van der Waals surface area contributed by atoms with Crippen molar-refractivity contribution in [2.24, 2.45) is 0 Å². The van der Waals surface area contributed by atoms with Crippen molar-refractivity contribution in [3.63, 3.8) is 0 Å². The third-order valence-corrected chi connectivity index (χ3v) is 2.71. The molecule has 1 fully saturated rings. The molecule has 0 bridgehead atoms. The molecule has 1 aromatic rings. The normalized spacial score (nSPS) is 14.1. The number of pyridine rings is 1. The van der Waals surface area contributed by atoms with Crippen LogP contribution in [0.4, 0.5) is 11.6 Å². The van der Waals surface area contributed by atoms with Gasteiger partial charge in [-0.1, -0.05) is 6.07 Å². The van der Waals surface area contributed by atoms with E-state index in [-0.39, 0.29) is 5.91 Å². The summed E-state index contributed by atoms with van der Waals surface area (Å²) in [6.45, 7) is 3.49. The lowest BCUT2D eigenvalue weighted by molar-refractivity contribution is -0.120. The number of amides is 1. The third kappa shape index (κ3) is 4.24. The van der Waals surface area contributed by atoms with Crippen molar-refractivity contribution in [1.29, 1.82) is 0 Å². The number of rotatable bonds is 7. The Morgan fingerprint density at radius 1 is 1.33 bits per heavy atom. The minimum atomic E-state index is 0.118. The van der Waals surface area contributed by atoms with Gasteiger partial charge in [-0.05, 0) is 31.9 Å². The molecule has 18 heavy (non-hydrogen) atoms. The van der Waals surface area contributed by atoms with E-state index in [1.807, 2.05) is 25.1 Å². The molecule has 0 atom stereocenters. The van der Waals surface area contributed by atoms with Gasteiger partial charge < -0.3 is 16.0 Å². The highest BCUT2D eigenvalue weighted by Gasteiger charge is 2.22. The summed E-state index contributed by atoms with van der Waals surface area (Å²) in [7, 11) is 0. The van der Waals surface area contributed by atoms with Gasteiger partial charge in [0.2, 0.25) is 5.91 Å². The number of carbonyl (C=O) groups is 1.